The van der Waals surface area contributed by atoms with Gasteiger partial charge in [0.25, 0.3) is 5.69 Å². The normalized spacial score (nSPS) is 10.3. The van der Waals surface area contributed by atoms with E-state index in [2.05, 4.69) is 0 Å². The molecule has 0 unspecified atom stereocenters. The van der Waals surface area contributed by atoms with E-state index in [-0.39, 0.29) is 12.3 Å². The Bertz CT molecular complexity index is 608. The van der Waals surface area contributed by atoms with Gasteiger partial charge in [-0.05, 0) is 29.7 Å². The van der Waals surface area contributed by atoms with Crippen LogP contribution >= 0.6 is 0 Å². The summed E-state index contributed by atoms with van der Waals surface area (Å²) in [6.07, 6.45) is 0. The van der Waals surface area contributed by atoms with Crippen LogP contribution in [0.4, 0.5) is 5.69 Å². The molecule has 0 radical (unpaired) electrons. The van der Waals surface area contributed by atoms with Gasteiger partial charge >= 0.3 is 0 Å². The number of hydrogen-bond donors (Lipinski definition) is 1. The number of nitro benzene ring substituents is 1. The number of nitro groups is 1. The number of aliphatic hydroxyl groups excluding tert-OH is 1. The Balaban J connectivity index is 2.09. The van der Waals surface area contributed by atoms with Crippen LogP contribution in [0.2, 0.25) is 0 Å². The molecule has 0 amide bonds. The van der Waals surface area contributed by atoms with Crippen molar-refractivity contribution in [2.45, 2.75) is 20.1 Å². The van der Waals surface area contributed by atoms with Crippen molar-refractivity contribution < 1.29 is 14.8 Å². The number of ether oxygens (including phenoxy) is 1. The first-order valence-corrected chi connectivity index (χ1v) is 6.16. The minimum Gasteiger partial charge on any atom is -0.488 e. The molecule has 5 heteroatoms. The second-order valence-electron chi connectivity index (χ2n) is 4.47. The van der Waals surface area contributed by atoms with Gasteiger partial charge in [-0.3, -0.25) is 10.1 Å². The predicted molar refractivity (Wildman–Crippen MR) is 74.5 cm³/mol. The van der Waals surface area contributed by atoms with Crippen molar-refractivity contribution in [2.75, 3.05) is 0 Å². The molecule has 0 aliphatic heterocycles. The lowest BCUT2D eigenvalue weighted by Gasteiger charge is -2.09. The van der Waals surface area contributed by atoms with E-state index in [1.165, 1.54) is 12.1 Å². The second kappa shape index (κ2) is 6.16. The van der Waals surface area contributed by atoms with E-state index in [9.17, 15) is 10.1 Å². The van der Waals surface area contributed by atoms with Crippen LogP contribution in [0.3, 0.4) is 0 Å². The fraction of sp³-hybridized carbons (Fsp3) is 0.200. The van der Waals surface area contributed by atoms with E-state index < -0.39 is 4.92 Å². The molecule has 0 aliphatic rings. The van der Waals surface area contributed by atoms with Crippen molar-refractivity contribution in [3.05, 3.63) is 69.3 Å². The second-order valence-corrected chi connectivity index (χ2v) is 4.47. The zero-order valence-electron chi connectivity index (χ0n) is 11.1. The summed E-state index contributed by atoms with van der Waals surface area (Å²) >= 11 is 0. The van der Waals surface area contributed by atoms with Crippen LogP contribution in [-0.2, 0) is 13.2 Å². The molecule has 5 nitrogen and oxygen atoms in total. The largest absolute Gasteiger partial charge is 0.488 e. The van der Waals surface area contributed by atoms with Gasteiger partial charge in [-0.1, -0.05) is 24.3 Å². The molecule has 0 heterocycles. The molecule has 20 heavy (non-hydrogen) atoms. The van der Waals surface area contributed by atoms with Gasteiger partial charge in [0, 0.05) is 6.07 Å². The number of non-ortho nitro benzene ring substituents is 1. The van der Waals surface area contributed by atoms with Crippen LogP contribution < -0.4 is 4.74 Å². The van der Waals surface area contributed by atoms with Crippen molar-refractivity contribution in [1.82, 2.24) is 0 Å². The monoisotopic (exact) mass is 273 g/mol. The predicted octanol–water partition coefficient (Wildman–Crippen LogP) is 2.97. The van der Waals surface area contributed by atoms with Crippen molar-refractivity contribution in [2.24, 2.45) is 0 Å². The minimum atomic E-state index is -0.442. The number of nitrogens with zero attached hydrogens (tertiary/aromatic N) is 1. The number of hydrogen-bond acceptors (Lipinski definition) is 4. The quantitative estimate of drug-likeness (QED) is 0.671. The maximum atomic E-state index is 10.7. The lowest BCUT2D eigenvalue weighted by molar-refractivity contribution is -0.385. The van der Waals surface area contributed by atoms with Crippen molar-refractivity contribution in [3.8, 4) is 5.75 Å². The van der Waals surface area contributed by atoms with Crippen LogP contribution in [0.25, 0.3) is 0 Å². The molecule has 0 aromatic heterocycles. The molecular formula is C15H15NO4. The average Bonchev–Trinajstić information content (AvgIpc) is 2.46. The average molecular weight is 273 g/mol. The highest BCUT2D eigenvalue weighted by molar-refractivity contribution is 5.43. The summed E-state index contributed by atoms with van der Waals surface area (Å²) in [7, 11) is 0. The molecule has 1 N–H and O–H groups in total. The SMILES string of the molecule is Cc1ccc([N+](=O)[O-])cc1OCc1ccc(CO)cc1. The topological polar surface area (TPSA) is 72.6 Å². The molecule has 0 saturated heterocycles. The van der Waals surface area contributed by atoms with Crippen LogP contribution in [0.5, 0.6) is 5.75 Å². The Hall–Kier alpha value is -2.40. The maximum absolute atomic E-state index is 10.7. The molecule has 2 aromatic carbocycles. The molecule has 0 aliphatic carbocycles. The van der Waals surface area contributed by atoms with E-state index >= 15 is 0 Å². The van der Waals surface area contributed by atoms with Gasteiger partial charge < -0.3 is 9.84 Å². The fourth-order valence-corrected chi connectivity index (χ4v) is 1.76. The molecule has 2 aromatic rings. The first kappa shape index (κ1) is 14.0. The van der Waals surface area contributed by atoms with E-state index in [1.54, 1.807) is 6.07 Å². The van der Waals surface area contributed by atoms with Crippen LogP contribution in [0, 0.1) is 17.0 Å². The zero-order chi connectivity index (χ0) is 14.5. The Labute approximate surface area is 116 Å². The lowest BCUT2D eigenvalue weighted by Crippen LogP contribution is -1.98. The van der Waals surface area contributed by atoms with E-state index in [0.717, 1.165) is 16.7 Å². The number of benzene rings is 2. The summed E-state index contributed by atoms with van der Waals surface area (Å²) in [5.74, 6) is 0.505. The molecule has 2 rings (SSSR count). The molecule has 0 fully saturated rings. The van der Waals surface area contributed by atoms with Gasteiger partial charge in [0.15, 0.2) is 0 Å². The Kier molecular flexibility index (Phi) is 4.32. The third kappa shape index (κ3) is 3.33. The van der Waals surface area contributed by atoms with Gasteiger partial charge in [0.05, 0.1) is 17.6 Å². The van der Waals surface area contributed by atoms with Crippen molar-refractivity contribution in [3.63, 3.8) is 0 Å². The first-order valence-electron chi connectivity index (χ1n) is 6.16. The maximum Gasteiger partial charge on any atom is 0.273 e. The van der Waals surface area contributed by atoms with Crippen LogP contribution in [0.1, 0.15) is 16.7 Å². The molecule has 104 valence electrons. The third-order valence-electron chi connectivity index (χ3n) is 2.98. The Morgan fingerprint density at radius 3 is 2.40 bits per heavy atom. The number of aliphatic hydroxyl groups is 1. The third-order valence-corrected chi connectivity index (χ3v) is 2.98. The molecular weight excluding hydrogens is 258 g/mol. The van der Waals surface area contributed by atoms with Gasteiger partial charge in [0.2, 0.25) is 0 Å². The van der Waals surface area contributed by atoms with Gasteiger partial charge in [-0.25, -0.2) is 0 Å². The molecule has 0 bridgehead atoms. The fourth-order valence-electron chi connectivity index (χ4n) is 1.76. The summed E-state index contributed by atoms with van der Waals surface area (Å²) in [6, 6.07) is 11.9. The number of rotatable bonds is 5. The van der Waals surface area contributed by atoms with E-state index in [1.807, 2.05) is 31.2 Å². The summed E-state index contributed by atoms with van der Waals surface area (Å²) in [5.41, 5.74) is 2.64. The first-order chi connectivity index (χ1) is 9.60. The summed E-state index contributed by atoms with van der Waals surface area (Å²) in [5, 5.41) is 19.7. The Morgan fingerprint density at radius 1 is 1.15 bits per heavy atom. The minimum absolute atomic E-state index is 0.00508. The standard InChI is InChI=1S/C15H15NO4/c1-11-2-7-14(16(18)19)8-15(11)20-10-13-5-3-12(9-17)4-6-13/h2-8,17H,9-10H2,1H3. The van der Waals surface area contributed by atoms with Crippen LogP contribution in [0.15, 0.2) is 42.5 Å². The highest BCUT2D eigenvalue weighted by Gasteiger charge is 2.09. The molecule has 0 atom stereocenters. The Morgan fingerprint density at radius 2 is 1.80 bits per heavy atom. The summed E-state index contributed by atoms with van der Waals surface area (Å²) < 4.78 is 5.62. The van der Waals surface area contributed by atoms with Crippen LogP contribution in [-0.4, -0.2) is 10.0 Å². The van der Waals surface area contributed by atoms with Gasteiger partial charge in [-0.2, -0.15) is 0 Å². The zero-order valence-corrected chi connectivity index (χ0v) is 11.1. The molecule has 0 saturated carbocycles. The van der Waals surface area contributed by atoms with Gasteiger partial charge in [-0.15, -0.1) is 0 Å². The highest BCUT2D eigenvalue weighted by atomic mass is 16.6. The van der Waals surface area contributed by atoms with Crippen molar-refractivity contribution in [1.29, 1.82) is 0 Å². The van der Waals surface area contributed by atoms with E-state index in [4.69, 9.17) is 9.84 Å². The summed E-state index contributed by atoms with van der Waals surface area (Å²) in [6.45, 7) is 2.17. The van der Waals surface area contributed by atoms with Gasteiger partial charge in [0.1, 0.15) is 12.4 Å². The number of aryl methyl sites for hydroxylation is 1. The summed E-state index contributed by atoms with van der Waals surface area (Å²) in [4.78, 5) is 10.3. The van der Waals surface area contributed by atoms with Crippen molar-refractivity contribution >= 4 is 5.69 Å². The smallest absolute Gasteiger partial charge is 0.273 e. The highest BCUT2D eigenvalue weighted by Crippen LogP contribution is 2.24. The lowest BCUT2D eigenvalue weighted by atomic mass is 10.1. The molecule has 0 spiro atoms. The van der Waals surface area contributed by atoms with E-state index in [0.29, 0.717) is 12.4 Å².